The Kier molecular flexibility index (Phi) is 4.65. The second kappa shape index (κ2) is 5.60. The summed E-state index contributed by atoms with van der Waals surface area (Å²) in [7, 11) is 0. The van der Waals surface area contributed by atoms with E-state index in [1.54, 1.807) is 0 Å². The Bertz CT molecular complexity index is 381. The molecule has 1 aromatic heterocycles. The molecule has 0 saturated heterocycles. The molecular weight excluding hydrogens is 245 g/mol. The van der Waals surface area contributed by atoms with Gasteiger partial charge in [-0.05, 0) is 23.4 Å². The molecule has 0 aliphatic rings. The molecule has 4 nitrogen and oxygen atoms in total. The van der Waals surface area contributed by atoms with Gasteiger partial charge < -0.3 is 10.4 Å². The molecule has 2 N–H and O–H groups in total. The molecule has 0 aliphatic heterocycles. The van der Waals surface area contributed by atoms with Crippen LogP contribution in [0.25, 0.3) is 0 Å². The van der Waals surface area contributed by atoms with Crippen molar-refractivity contribution in [1.29, 1.82) is 0 Å². The minimum atomic E-state index is -0.554. The zero-order valence-electron chi connectivity index (χ0n) is 10.2. The number of halogens is 2. The van der Waals surface area contributed by atoms with Crippen LogP contribution in [0.5, 0.6) is 0 Å². The average Bonchev–Trinajstić information content (AvgIpc) is 2.21. The van der Waals surface area contributed by atoms with E-state index >= 15 is 0 Å². The number of nitrogens with zero attached hydrogens (tertiary/aromatic N) is 2. The van der Waals surface area contributed by atoms with Gasteiger partial charge in [-0.3, -0.25) is 0 Å². The number of aromatic nitrogens is 2. The Balaban J connectivity index is 2.89. The highest BCUT2D eigenvalue weighted by Gasteiger charge is 2.25. The summed E-state index contributed by atoms with van der Waals surface area (Å²) in [4.78, 5) is 7.34. The van der Waals surface area contributed by atoms with Crippen molar-refractivity contribution in [2.45, 2.75) is 33.2 Å². The van der Waals surface area contributed by atoms with Crippen LogP contribution in [0.15, 0.2) is 6.20 Å². The zero-order chi connectivity index (χ0) is 13.1. The quantitative estimate of drug-likeness (QED) is 0.818. The molecule has 1 unspecified atom stereocenters. The van der Waals surface area contributed by atoms with Crippen molar-refractivity contribution in [3.8, 4) is 0 Å². The van der Waals surface area contributed by atoms with Gasteiger partial charge in [-0.1, -0.05) is 20.8 Å². The highest BCUT2D eigenvalue weighted by atomic mass is 35.5. The first-order valence-electron chi connectivity index (χ1n) is 5.40. The monoisotopic (exact) mass is 261 g/mol. The first-order valence-corrected chi connectivity index (χ1v) is 5.78. The predicted octanol–water partition coefficient (Wildman–Crippen LogP) is 2.48. The summed E-state index contributed by atoms with van der Waals surface area (Å²) >= 11 is 5.61. The number of hydrogen-bond acceptors (Lipinski definition) is 4. The summed E-state index contributed by atoms with van der Waals surface area (Å²) < 4.78 is 13.4. The molecule has 0 aromatic carbocycles. The molecule has 1 heterocycles. The molecule has 0 saturated carbocycles. The van der Waals surface area contributed by atoms with Crippen LogP contribution in [0.3, 0.4) is 0 Å². The SMILES string of the molecule is CC(C)(C)C(CCO)Nc1nc(Cl)ncc1F. The van der Waals surface area contributed by atoms with E-state index in [0.29, 0.717) is 6.42 Å². The van der Waals surface area contributed by atoms with E-state index in [9.17, 15) is 4.39 Å². The smallest absolute Gasteiger partial charge is 0.224 e. The fourth-order valence-corrected chi connectivity index (χ4v) is 1.60. The normalized spacial score (nSPS) is 13.5. The van der Waals surface area contributed by atoms with Crippen molar-refractivity contribution in [3.05, 3.63) is 17.3 Å². The molecule has 0 spiro atoms. The standard InChI is InChI=1S/C11H17ClFN3O/c1-11(2,3)8(4-5-17)15-9-7(13)6-14-10(12)16-9/h6,8,17H,4-5H2,1-3H3,(H,14,15,16). The predicted molar refractivity (Wildman–Crippen MR) is 65.6 cm³/mol. The molecule has 0 aliphatic carbocycles. The van der Waals surface area contributed by atoms with Crippen LogP contribution in [0.4, 0.5) is 10.2 Å². The number of anilines is 1. The minimum absolute atomic E-state index is 0.00874. The third kappa shape index (κ3) is 4.09. The second-order valence-electron chi connectivity index (χ2n) is 4.91. The Labute approximate surface area is 105 Å². The third-order valence-corrected chi connectivity index (χ3v) is 2.67. The van der Waals surface area contributed by atoms with Crippen molar-refractivity contribution in [1.82, 2.24) is 9.97 Å². The molecule has 96 valence electrons. The van der Waals surface area contributed by atoms with Gasteiger partial charge in [0.25, 0.3) is 0 Å². The fraction of sp³-hybridized carbons (Fsp3) is 0.636. The van der Waals surface area contributed by atoms with Crippen LogP contribution in [0, 0.1) is 11.2 Å². The van der Waals surface area contributed by atoms with Gasteiger partial charge in [-0.2, -0.15) is 4.98 Å². The van der Waals surface area contributed by atoms with Gasteiger partial charge in [0.1, 0.15) is 0 Å². The molecule has 0 bridgehead atoms. The van der Waals surface area contributed by atoms with E-state index < -0.39 is 5.82 Å². The highest BCUT2D eigenvalue weighted by Crippen LogP contribution is 2.26. The molecule has 1 aromatic rings. The maximum Gasteiger partial charge on any atom is 0.224 e. The molecule has 6 heteroatoms. The van der Waals surface area contributed by atoms with Crippen LogP contribution in [-0.4, -0.2) is 27.7 Å². The second-order valence-corrected chi connectivity index (χ2v) is 5.25. The van der Waals surface area contributed by atoms with Crippen LogP contribution in [0.2, 0.25) is 5.28 Å². The number of rotatable bonds is 4. The van der Waals surface area contributed by atoms with Crippen molar-refractivity contribution in [3.63, 3.8) is 0 Å². The van der Waals surface area contributed by atoms with Gasteiger partial charge >= 0.3 is 0 Å². The Hall–Kier alpha value is -0.940. The van der Waals surface area contributed by atoms with Crippen LogP contribution in [-0.2, 0) is 0 Å². The number of aliphatic hydroxyl groups is 1. The summed E-state index contributed by atoms with van der Waals surface area (Å²) in [5.41, 5.74) is -0.132. The van der Waals surface area contributed by atoms with E-state index in [1.807, 2.05) is 20.8 Å². The van der Waals surface area contributed by atoms with Gasteiger partial charge in [-0.15, -0.1) is 0 Å². The summed E-state index contributed by atoms with van der Waals surface area (Å²) in [6.07, 6.45) is 1.53. The average molecular weight is 262 g/mol. The molecule has 1 atom stereocenters. The van der Waals surface area contributed by atoms with Gasteiger partial charge in [-0.25, -0.2) is 9.37 Å². The lowest BCUT2D eigenvalue weighted by Gasteiger charge is -2.31. The van der Waals surface area contributed by atoms with E-state index in [4.69, 9.17) is 16.7 Å². The number of hydrogen-bond donors (Lipinski definition) is 2. The van der Waals surface area contributed by atoms with Gasteiger partial charge in [0, 0.05) is 12.6 Å². The number of aliphatic hydroxyl groups excluding tert-OH is 1. The van der Waals surface area contributed by atoms with Crippen molar-refractivity contribution in [2.75, 3.05) is 11.9 Å². The van der Waals surface area contributed by atoms with Crippen LogP contribution in [0.1, 0.15) is 27.2 Å². The summed E-state index contributed by atoms with van der Waals surface area (Å²) in [5, 5.41) is 12.0. The maximum absolute atomic E-state index is 13.4. The van der Waals surface area contributed by atoms with Gasteiger partial charge in [0.2, 0.25) is 5.28 Å². The zero-order valence-corrected chi connectivity index (χ0v) is 10.9. The van der Waals surface area contributed by atoms with E-state index in [1.165, 1.54) is 0 Å². The first-order chi connectivity index (χ1) is 7.84. The maximum atomic E-state index is 13.4. The Morgan fingerprint density at radius 3 is 2.71 bits per heavy atom. The molecule has 17 heavy (non-hydrogen) atoms. The lowest BCUT2D eigenvalue weighted by molar-refractivity contribution is 0.234. The van der Waals surface area contributed by atoms with Crippen molar-refractivity contribution < 1.29 is 9.50 Å². The van der Waals surface area contributed by atoms with Crippen LogP contribution < -0.4 is 5.32 Å². The molecular formula is C11H17ClFN3O. The topological polar surface area (TPSA) is 58.0 Å². The minimum Gasteiger partial charge on any atom is -0.396 e. The van der Waals surface area contributed by atoms with E-state index in [-0.39, 0.29) is 29.2 Å². The van der Waals surface area contributed by atoms with E-state index in [2.05, 4.69) is 15.3 Å². The largest absolute Gasteiger partial charge is 0.396 e. The van der Waals surface area contributed by atoms with Crippen molar-refractivity contribution in [2.24, 2.45) is 5.41 Å². The summed E-state index contributed by atoms with van der Waals surface area (Å²) in [6.45, 7) is 6.03. The Morgan fingerprint density at radius 1 is 1.53 bits per heavy atom. The molecule has 1 rings (SSSR count). The Morgan fingerprint density at radius 2 is 2.18 bits per heavy atom. The fourth-order valence-electron chi connectivity index (χ4n) is 1.46. The third-order valence-electron chi connectivity index (χ3n) is 2.49. The summed E-state index contributed by atoms with van der Waals surface area (Å²) in [6, 6.07) is -0.104. The van der Waals surface area contributed by atoms with Crippen molar-refractivity contribution >= 4 is 17.4 Å². The summed E-state index contributed by atoms with van der Waals surface area (Å²) in [5.74, 6) is -0.486. The molecule has 0 radical (unpaired) electrons. The molecule has 0 amide bonds. The first kappa shape index (κ1) is 14.1. The van der Waals surface area contributed by atoms with Gasteiger partial charge in [0.15, 0.2) is 11.6 Å². The lowest BCUT2D eigenvalue weighted by Crippen LogP contribution is -2.35. The van der Waals surface area contributed by atoms with E-state index in [0.717, 1.165) is 6.20 Å². The highest BCUT2D eigenvalue weighted by molar-refractivity contribution is 6.28. The molecule has 0 fully saturated rings. The lowest BCUT2D eigenvalue weighted by atomic mass is 9.85. The number of nitrogens with one attached hydrogen (secondary N) is 1. The van der Waals surface area contributed by atoms with Gasteiger partial charge in [0.05, 0.1) is 6.20 Å². The van der Waals surface area contributed by atoms with Crippen LogP contribution >= 0.6 is 11.6 Å².